The first-order valence-electron chi connectivity index (χ1n) is 15.8. The first-order chi connectivity index (χ1) is 20.4. The van der Waals surface area contributed by atoms with Crippen molar-refractivity contribution in [1.82, 2.24) is 0 Å². The predicted octanol–water partition coefficient (Wildman–Crippen LogP) is 5.72. The third kappa shape index (κ3) is 3.59. The lowest BCUT2D eigenvalue weighted by Gasteiger charge is -2.62. The quantitative estimate of drug-likeness (QED) is 0.398. The van der Waals surface area contributed by atoms with Gasteiger partial charge in [0, 0.05) is 28.1 Å². The molecule has 0 amide bonds. The van der Waals surface area contributed by atoms with Gasteiger partial charge in [-0.2, -0.15) is 5.26 Å². The molecule has 44 heavy (non-hydrogen) atoms. The van der Waals surface area contributed by atoms with Gasteiger partial charge in [0.15, 0.2) is 18.1 Å². The highest BCUT2D eigenvalue weighted by atomic mass is 19.1. The molecule has 0 saturated heterocycles. The molecule has 10 heteroatoms. The molecule has 0 heterocycles. The second-order valence-corrected chi connectivity index (χ2v) is 15.5. The van der Waals surface area contributed by atoms with E-state index in [9.17, 15) is 24.8 Å². The van der Waals surface area contributed by atoms with E-state index >= 15 is 8.78 Å². The van der Waals surface area contributed by atoms with Crippen molar-refractivity contribution in [1.29, 1.82) is 5.26 Å². The lowest BCUT2D eigenvalue weighted by atomic mass is 9.44. The van der Waals surface area contributed by atoms with Crippen LogP contribution in [0.25, 0.3) is 0 Å². The van der Waals surface area contributed by atoms with Gasteiger partial charge in [0.05, 0.1) is 6.10 Å². The fourth-order valence-corrected chi connectivity index (χ4v) is 11.0. The number of carbonyl (C=O) groups excluding carboxylic acids is 3. The molecular formula is C34H43F2NO7. The summed E-state index contributed by atoms with van der Waals surface area (Å²) in [5.41, 5.74) is -7.70. The molecule has 0 radical (unpaired) electrons. The van der Waals surface area contributed by atoms with E-state index in [1.165, 1.54) is 19.1 Å². The van der Waals surface area contributed by atoms with Crippen molar-refractivity contribution in [3.63, 3.8) is 0 Å². The minimum absolute atomic E-state index is 0.000694. The van der Waals surface area contributed by atoms with Crippen LogP contribution in [0, 0.1) is 56.7 Å². The smallest absolute Gasteiger partial charge is 0.447 e. The lowest BCUT2D eigenvalue weighted by Crippen LogP contribution is -2.71. The number of nitrogens with zero attached hydrogens (tertiary/aromatic N) is 1. The van der Waals surface area contributed by atoms with Crippen LogP contribution < -0.4 is 0 Å². The van der Waals surface area contributed by atoms with Crippen LogP contribution in [-0.4, -0.2) is 59.3 Å². The van der Waals surface area contributed by atoms with E-state index in [4.69, 9.17) is 14.2 Å². The summed E-state index contributed by atoms with van der Waals surface area (Å²) >= 11 is 0. The van der Waals surface area contributed by atoms with Crippen molar-refractivity contribution in [2.24, 2.45) is 45.3 Å². The number of allylic oxidation sites excluding steroid dienone is 4. The highest BCUT2D eigenvalue weighted by Crippen LogP contribution is 2.72. The summed E-state index contributed by atoms with van der Waals surface area (Å²) in [6.07, 6.45) is 1.02. The molecular weight excluding hydrogens is 572 g/mol. The van der Waals surface area contributed by atoms with Crippen LogP contribution in [0.5, 0.6) is 0 Å². The Labute approximate surface area is 257 Å². The minimum atomic E-state index is -2.36. The Morgan fingerprint density at radius 1 is 1.11 bits per heavy atom. The van der Waals surface area contributed by atoms with Crippen LogP contribution in [0.1, 0.15) is 80.1 Å². The number of halogens is 2. The molecule has 6 aliphatic carbocycles. The van der Waals surface area contributed by atoms with Gasteiger partial charge in [0.2, 0.25) is 5.60 Å². The third-order valence-electron chi connectivity index (χ3n) is 13.9. The summed E-state index contributed by atoms with van der Waals surface area (Å²) in [5, 5.41) is 20.9. The Morgan fingerprint density at radius 2 is 1.82 bits per heavy atom. The average molecular weight is 616 g/mol. The molecule has 12 atom stereocenters. The first kappa shape index (κ1) is 31.2. The molecule has 4 unspecified atom stereocenters. The van der Waals surface area contributed by atoms with Crippen molar-refractivity contribution < 1.29 is 42.5 Å². The van der Waals surface area contributed by atoms with Crippen molar-refractivity contribution >= 4 is 17.9 Å². The number of alkyl halides is 2. The van der Waals surface area contributed by atoms with Crippen molar-refractivity contribution in [2.75, 3.05) is 6.61 Å². The number of hydrogen-bond acceptors (Lipinski definition) is 8. The van der Waals surface area contributed by atoms with Crippen molar-refractivity contribution in [3.05, 3.63) is 23.8 Å². The van der Waals surface area contributed by atoms with Crippen molar-refractivity contribution in [2.45, 2.75) is 110 Å². The molecule has 2 bridgehead atoms. The van der Waals surface area contributed by atoms with E-state index in [1.807, 2.05) is 0 Å². The number of ether oxygens (including phenoxy) is 3. The lowest BCUT2D eigenvalue weighted by molar-refractivity contribution is -0.234. The summed E-state index contributed by atoms with van der Waals surface area (Å²) in [7, 11) is 0. The van der Waals surface area contributed by atoms with Gasteiger partial charge in [-0.1, -0.05) is 40.7 Å². The molecule has 6 rings (SSSR count). The Morgan fingerprint density at radius 3 is 2.43 bits per heavy atom. The second kappa shape index (κ2) is 9.60. The average Bonchev–Trinajstić information content (AvgIpc) is 3.39. The van der Waals surface area contributed by atoms with Gasteiger partial charge >= 0.3 is 12.1 Å². The Bertz CT molecular complexity index is 1400. The summed E-state index contributed by atoms with van der Waals surface area (Å²) in [6, 6.07) is 1.77. The molecule has 6 aliphatic rings. The summed E-state index contributed by atoms with van der Waals surface area (Å²) in [5.74, 6) is -3.55. The molecule has 0 aromatic heterocycles. The topological polar surface area (TPSA) is 123 Å². The van der Waals surface area contributed by atoms with Crippen LogP contribution in [0.4, 0.5) is 13.6 Å². The van der Waals surface area contributed by atoms with Crippen LogP contribution in [0.2, 0.25) is 0 Å². The van der Waals surface area contributed by atoms with Gasteiger partial charge in [0.1, 0.15) is 18.3 Å². The molecule has 0 spiro atoms. The molecule has 8 nitrogen and oxygen atoms in total. The van der Waals surface area contributed by atoms with Crippen LogP contribution in [-0.2, 0) is 23.8 Å². The molecule has 5 fully saturated rings. The van der Waals surface area contributed by atoms with E-state index in [0.29, 0.717) is 12.3 Å². The van der Waals surface area contributed by atoms with Crippen LogP contribution in [0.3, 0.4) is 0 Å². The SMILES string of the molecule is C[C@@H]1C[C@H]2[C@@H]3C[C@H](F)C4=CC(=O)C=C[C@]4(C)C3(F)[C@@H](O)C[C@]2(C)[C@]1(OC(=O)OC1CC2CCC1(C)C2(C)C)C(=O)OCC#N. The zero-order valence-corrected chi connectivity index (χ0v) is 26.3. The number of rotatable bonds is 4. The molecule has 0 aromatic rings. The molecule has 0 aliphatic heterocycles. The molecule has 5 saturated carbocycles. The Balaban J connectivity index is 1.38. The fourth-order valence-electron chi connectivity index (χ4n) is 11.0. The molecule has 0 aromatic carbocycles. The fraction of sp³-hybridized carbons (Fsp3) is 0.765. The largest absolute Gasteiger partial charge is 0.509 e. The van der Waals surface area contributed by atoms with E-state index < -0.39 is 82.7 Å². The standard InChI is InChI=1S/C34H43F2NO7/c1-18-13-21-22-16-24(35)23-15-20(38)8-10-30(23,4)33(22,36)25(39)17-32(21,6)34(18,27(40)42-12-11-37)44-28(41)43-26-14-19-7-9-31(26,5)29(19,2)3/h8,10,15,18-19,21-22,24-26,39H,7,9,12-14,16-17H2,1-6H3/t18-,19?,21+,22+,24+,25+,26?,30+,31?,32+,33?,34-/m1/s1. The Hall–Kier alpha value is -2.80. The minimum Gasteiger partial charge on any atom is -0.447 e. The maximum atomic E-state index is 17.6. The maximum absolute atomic E-state index is 17.6. The number of fused-ring (bicyclic) bond motifs is 7. The maximum Gasteiger partial charge on any atom is 0.509 e. The number of esters is 1. The van der Waals surface area contributed by atoms with E-state index in [1.54, 1.807) is 19.9 Å². The van der Waals surface area contributed by atoms with Gasteiger partial charge in [0.25, 0.3) is 0 Å². The predicted molar refractivity (Wildman–Crippen MR) is 153 cm³/mol. The molecule has 1 N–H and O–H groups in total. The normalized spacial score (nSPS) is 49.7. The number of hydrogen-bond donors (Lipinski definition) is 1. The number of ketones is 1. The summed E-state index contributed by atoms with van der Waals surface area (Å²) < 4.78 is 51.0. The van der Waals surface area contributed by atoms with Gasteiger partial charge in [-0.25, -0.2) is 18.4 Å². The number of aliphatic hydroxyl groups is 1. The van der Waals surface area contributed by atoms with E-state index in [2.05, 4.69) is 20.8 Å². The highest BCUT2D eigenvalue weighted by molar-refractivity contribution is 6.01. The monoisotopic (exact) mass is 615 g/mol. The van der Waals surface area contributed by atoms with E-state index in [0.717, 1.165) is 18.9 Å². The summed E-state index contributed by atoms with van der Waals surface area (Å²) in [4.78, 5) is 39.9. The number of nitriles is 1. The van der Waals surface area contributed by atoms with Gasteiger partial charge in [-0.15, -0.1) is 0 Å². The third-order valence-corrected chi connectivity index (χ3v) is 13.9. The van der Waals surface area contributed by atoms with Gasteiger partial charge < -0.3 is 19.3 Å². The van der Waals surface area contributed by atoms with Crippen LogP contribution >= 0.6 is 0 Å². The second-order valence-electron chi connectivity index (χ2n) is 15.5. The number of aliphatic hydroxyl groups excluding tert-OH is 1. The number of carbonyl (C=O) groups is 3. The van der Waals surface area contributed by atoms with Crippen LogP contribution in [0.15, 0.2) is 23.8 Å². The summed E-state index contributed by atoms with van der Waals surface area (Å²) in [6.45, 7) is 10.7. The Kier molecular flexibility index (Phi) is 6.81. The zero-order valence-electron chi connectivity index (χ0n) is 26.3. The van der Waals surface area contributed by atoms with Gasteiger partial charge in [-0.3, -0.25) is 4.79 Å². The molecule has 240 valence electrons. The van der Waals surface area contributed by atoms with Crippen molar-refractivity contribution in [3.8, 4) is 6.07 Å². The first-order valence-corrected chi connectivity index (χ1v) is 15.8. The highest BCUT2D eigenvalue weighted by Gasteiger charge is 2.79. The van der Waals surface area contributed by atoms with Gasteiger partial charge in [-0.05, 0) is 80.4 Å². The van der Waals surface area contributed by atoms with E-state index in [-0.39, 0.29) is 35.7 Å². The zero-order chi connectivity index (χ0) is 32.3.